The summed E-state index contributed by atoms with van der Waals surface area (Å²) < 4.78 is 2.05. The van der Waals surface area contributed by atoms with Gasteiger partial charge in [-0.25, -0.2) is 4.98 Å². The van der Waals surface area contributed by atoms with Crippen LogP contribution in [0.15, 0.2) is 36.7 Å². The molecule has 0 bridgehead atoms. The highest BCUT2D eigenvalue weighted by Gasteiger charge is 2.09. The van der Waals surface area contributed by atoms with E-state index in [1.54, 1.807) is 0 Å². The lowest BCUT2D eigenvalue weighted by Crippen LogP contribution is -2.15. The van der Waals surface area contributed by atoms with Crippen molar-refractivity contribution in [1.82, 2.24) is 9.55 Å². The number of nitrogens with zero attached hydrogens (tertiary/aromatic N) is 2. The van der Waals surface area contributed by atoms with Crippen molar-refractivity contribution in [2.75, 3.05) is 5.32 Å². The van der Waals surface area contributed by atoms with Gasteiger partial charge in [-0.3, -0.25) is 4.79 Å². The van der Waals surface area contributed by atoms with E-state index >= 15 is 0 Å². The maximum Gasteiger partial charge on any atom is 0.226 e. The summed E-state index contributed by atoms with van der Waals surface area (Å²) in [7, 11) is 0. The van der Waals surface area contributed by atoms with E-state index in [9.17, 15) is 4.79 Å². The van der Waals surface area contributed by atoms with Crippen LogP contribution in [-0.4, -0.2) is 15.5 Å². The van der Waals surface area contributed by atoms with Gasteiger partial charge in [0.05, 0.1) is 17.4 Å². The van der Waals surface area contributed by atoms with Gasteiger partial charge in [0.1, 0.15) is 0 Å². The Morgan fingerprint density at radius 3 is 2.62 bits per heavy atom. The summed E-state index contributed by atoms with van der Waals surface area (Å²) in [6, 6.07) is 10.2. The van der Waals surface area contributed by atoms with E-state index in [4.69, 9.17) is 0 Å². The van der Waals surface area contributed by atoms with Crippen molar-refractivity contribution in [1.29, 1.82) is 0 Å². The van der Waals surface area contributed by atoms with Crippen LogP contribution in [-0.2, 0) is 11.3 Å². The largest absolute Gasteiger partial charge is 0.330 e. The Hall–Kier alpha value is -2.62. The highest BCUT2D eigenvalue weighted by Crippen LogP contribution is 2.20. The number of benzene rings is 2. The molecule has 4 heteroatoms. The first-order valence-corrected chi connectivity index (χ1v) is 8.24. The molecule has 0 saturated heterocycles. The normalized spacial score (nSPS) is 11.0. The summed E-state index contributed by atoms with van der Waals surface area (Å²) in [4.78, 5) is 16.7. The second kappa shape index (κ2) is 6.48. The summed E-state index contributed by atoms with van der Waals surface area (Å²) in [6.45, 7) is 8.88. The Morgan fingerprint density at radius 2 is 1.83 bits per heavy atom. The maximum absolute atomic E-state index is 12.3. The first-order valence-electron chi connectivity index (χ1n) is 8.24. The molecule has 0 aliphatic carbocycles. The Morgan fingerprint density at radius 1 is 1.08 bits per heavy atom. The molecule has 0 atom stereocenters. The lowest BCUT2D eigenvalue weighted by molar-refractivity contribution is -0.116. The van der Waals surface area contributed by atoms with E-state index in [-0.39, 0.29) is 5.91 Å². The zero-order valence-corrected chi connectivity index (χ0v) is 14.7. The van der Waals surface area contributed by atoms with Gasteiger partial charge in [-0.1, -0.05) is 12.1 Å². The SMILES string of the molecule is Cc1cc2ncn(CCC(=O)Nc3cccc(C)c3C)c2cc1C. The minimum atomic E-state index is 0.0226. The van der Waals surface area contributed by atoms with E-state index < -0.39 is 0 Å². The molecule has 0 saturated carbocycles. The van der Waals surface area contributed by atoms with Crippen molar-refractivity contribution in [3.8, 4) is 0 Å². The number of amides is 1. The predicted octanol–water partition coefficient (Wildman–Crippen LogP) is 4.30. The third-order valence-electron chi connectivity index (χ3n) is 4.70. The van der Waals surface area contributed by atoms with Crippen molar-refractivity contribution < 1.29 is 4.79 Å². The van der Waals surface area contributed by atoms with E-state index in [0.717, 1.165) is 22.3 Å². The number of hydrogen-bond donors (Lipinski definition) is 1. The summed E-state index contributed by atoms with van der Waals surface area (Å²) in [6.07, 6.45) is 2.24. The number of hydrogen-bond acceptors (Lipinski definition) is 2. The molecule has 3 rings (SSSR count). The van der Waals surface area contributed by atoms with Crippen molar-refractivity contribution in [2.45, 2.75) is 40.7 Å². The first-order chi connectivity index (χ1) is 11.5. The maximum atomic E-state index is 12.3. The fourth-order valence-corrected chi connectivity index (χ4v) is 2.81. The van der Waals surface area contributed by atoms with E-state index in [1.165, 1.54) is 16.7 Å². The van der Waals surface area contributed by atoms with Gasteiger partial charge in [0.25, 0.3) is 0 Å². The van der Waals surface area contributed by atoms with Crippen LogP contribution in [0.3, 0.4) is 0 Å². The van der Waals surface area contributed by atoms with E-state index in [0.29, 0.717) is 13.0 Å². The van der Waals surface area contributed by atoms with Gasteiger partial charge >= 0.3 is 0 Å². The fraction of sp³-hybridized carbons (Fsp3) is 0.300. The number of carbonyl (C=O) groups excluding carboxylic acids is 1. The quantitative estimate of drug-likeness (QED) is 0.779. The first kappa shape index (κ1) is 16.2. The van der Waals surface area contributed by atoms with E-state index in [2.05, 4.69) is 36.3 Å². The van der Waals surface area contributed by atoms with Gasteiger partial charge in [-0.15, -0.1) is 0 Å². The molecular formula is C20H23N3O. The summed E-state index contributed by atoms with van der Waals surface area (Å²) in [5.41, 5.74) is 7.72. The molecule has 0 unspecified atom stereocenters. The van der Waals surface area contributed by atoms with Gasteiger partial charge in [0.2, 0.25) is 5.91 Å². The smallest absolute Gasteiger partial charge is 0.226 e. The van der Waals surface area contributed by atoms with E-state index in [1.807, 2.05) is 42.9 Å². The van der Waals surface area contributed by atoms with Crippen molar-refractivity contribution in [3.63, 3.8) is 0 Å². The van der Waals surface area contributed by atoms with Crippen LogP contribution in [0.1, 0.15) is 28.7 Å². The fourth-order valence-electron chi connectivity index (χ4n) is 2.81. The molecule has 4 nitrogen and oxygen atoms in total. The Kier molecular flexibility index (Phi) is 4.38. The van der Waals surface area contributed by atoms with Gasteiger partial charge in [-0.05, 0) is 68.1 Å². The van der Waals surface area contributed by atoms with Crippen LogP contribution in [0, 0.1) is 27.7 Å². The summed E-state index contributed by atoms with van der Waals surface area (Å²) in [5.74, 6) is 0.0226. The molecule has 2 aromatic carbocycles. The van der Waals surface area contributed by atoms with Gasteiger partial charge in [-0.2, -0.15) is 0 Å². The van der Waals surface area contributed by atoms with Crippen LogP contribution in [0.2, 0.25) is 0 Å². The van der Waals surface area contributed by atoms with Crippen molar-refractivity contribution in [2.24, 2.45) is 0 Å². The Balaban J connectivity index is 1.70. The highest BCUT2D eigenvalue weighted by atomic mass is 16.1. The molecule has 1 N–H and O–H groups in total. The average Bonchev–Trinajstić information content (AvgIpc) is 2.92. The number of imidazole rings is 1. The van der Waals surface area contributed by atoms with Crippen LogP contribution < -0.4 is 5.32 Å². The number of nitrogens with one attached hydrogen (secondary N) is 1. The molecule has 1 aromatic heterocycles. The number of fused-ring (bicyclic) bond motifs is 1. The zero-order chi connectivity index (χ0) is 17.3. The lowest BCUT2D eigenvalue weighted by atomic mass is 10.1. The molecule has 0 spiro atoms. The number of aromatic nitrogens is 2. The molecule has 0 radical (unpaired) electrons. The van der Waals surface area contributed by atoms with Gasteiger partial charge in [0, 0.05) is 18.7 Å². The molecule has 1 amide bonds. The molecular weight excluding hydrogens is 298 g/mol. The molecule has 24 heavy (non-hydrogen) atoms. The number of aryl methyl sites for hydroxylation is 4. The second-order valence-electron chi connectivity index (χ2n) is 6.41. The van der Waals surface area contributed by atoms with Gasteiger partial charge < -0.3 is 9.88 Å². The molecule has 3 aromatic rings. The standard InChI is InChI=1S/C20H23N3O/c1-13-6-5-7-17(16(13)4)22-20(24)8-9-23-12-21-18-10-14(2)15(3)11-19(18)23/h5-7,10-12H,8-9H2,1-4H3,(H,22,24). The average molecular weight is 321 g/mol. The molecule has 0 fully saturated rings. The van der Waals surface area contributed by atoms with Gasteiger partial charge in [0.15, 0.2) is 0 Å². The van der Waals surface area contributed by atoms with Crippen molar-refractivity contribution in [3.05, 3.63) is 58.9 Å². The van der Waals surface area contributed by atoms with Crippen LogP contribution in [0.4, 0.5) is 5.69 Å². The van der Waals surface area contributed by atoms with Crippen LogP contribution >= 0.6 is 0 Å². The second-order valence-corrected chi connectivity index (χ2v) is 6.41. The third-order valence-corrected chi connectivity index (χ3v) is 4.70. The minimum absolute atomic E-state index is 0.0226. The Bertz CT molecular complexity index is 909. The lowest BCUT2D eigenvalue weighted by Gasteiger charge is -2.11. The summed E-state index contributed by atoms with van der Waals surface area (Å²) in [5, 5.41) is 3.01. The van der Waals surface area contributed by atoms with Crippen molar-refractivity contribution >= 4 is 22.6 Å². The third kappa shape index (κ3) is 3.18. The minimum Gasteiger partial charge on any atom is -0.330 e. The monoisotopic (exact) mass is 321 g/mol. The predicted molar refractivity (Wildman–Crippen MR) is 98.4 cm³/mol. The zero-order valence-electron chi connectivity index (χ0n) is 14.7. The van der Waals surface area contributed by atoms with Crippen LogP contribution in [0.25, 0.3) is 11.0 Å². The number of anilines is 1. The Labute approximate surface area is 142 Å². The van der Waals surface area contributed by atoms with Crippen LogP contribution in [0.5, 0.6) is 0 Å². The molecule has 1 heterocycles. The topological polar surface area (TPSA) is 46.9 Å². The highest BCUT2D eigenvalue weighted by molar-refractivity contribution is 5.91. The molecule has 124 valence electrons. The molecule has 0 aliphatic rings. The number of rotatable bonds is 4. The molecule has 0 aliphatic heterocycles. The summed E-state index contributed by atoms with van der Waals surface area (Å²) >= 11 is 0. The number of carbonyl (C=O) groups is 1.